The lowest BCUT2D eigenvalue weighted by Crippen LogP contribution is -2.45. The van der Waals surface area contributed by atoms with Crippen LogP contribution >= 0.6 is 0 Å². The second-order valence-electron chi connectivity index (χ2n) is 21.7. The molecule has 6 nitrogen and oxygen atoms in total. The summed E-state index contributed by atoms with van der Waals surface area (Å²) in [5.74, 6) is -0.101. The van der Waals surface area contributed by atoms with Crippen molar-refractivity contribution < 1.29 is 24.5 Å². The lowest BCUT2D eigenvalue weighted by Gasteiger charge is -2.20. The van der Waals surface area contributed by atoms with Crippen LogP contribution in [0, 0.1) is 0 Å². The van der Waals surface area contributed by atoms with Crippen LogP contribution < -0.4 is 5.32 Å². The standard InChI is InChI=1S/C66H123NO5/c1-3-5-7-9-11-13-15-17-19-21-22-23-24-25-26-27-30-34-38-42-46-50-54-58-64(69)63(62-68)67-65(70)59-55-51-47-43-39-35-31-28-29-33-37-41-45-49-53-57-61-72-66(71)60-56-52-48-44-40-36-32-20-18-16-14-12-10-8-6-4-2/h14,16,20,28,31-32,54,58,63-64,68-69H,3-13,15,17-19,21-27,29-30,33-53,55-57,59-62H2,1-2H3,(H,67,70)/b16-14-,31-28-,32-20-,58-54+. The molecule has 0 fully saturated rings. The van der Waals surface area contributed by atoms with Crippen LogP contribution in [0.5, 0.6) is 0 Å². The van der Waals surface area contributed by atoms with Gasteiger partial charge in [0.1, 0.15) is 0 Å². The maximum Gasteiger partial charge on any atom is 0.305 e. The van der Waals surface area contributed by atoms with E-state index < -0.39 is 12.1 Å². The van der Waals surface area contributed by atoms with Crippen LogP contribution in [0.3, 0.4) is 0 Å². The van der Waals surface area contributed by atoms with E-state index in [0.29, 0.717) is 19.4 Å². The van der Waals surface area contributed by atoms with Gasteiger partial charge in [0.25, 0.3) is 0 Å². The third-order valence-electron chi connectivity index (χ3n) is 14.6. The lowest BCUT2D eigenvalue weighted by atomic mass is 10.0. The number of ether oxygens (including phenoxy) is 1. The molecule has 0 saturated heterocycles. The predicted molar refractivity (Wildman–Crippen MR) is 315 cm³/mol. The first kappa shape index (κ1) is 69.8. The van der Waals surface area contributed by atoms with Crippen molar-refractivity contribution in [3.8, 4) is 0 Å². The highest BCUT2D eigenvalue weighted by Gasteiger charge is 2.18. The van der Waals surface area contributed by atoms with Crippen LogP contribution in [0.25, 0.3) is 0 Å². The molecule has 72 heavy (non-hydrogen) atoms. The van der Waals surface area contributed by atoms with Gasteiger partial charge in [-0.25, -0.2) is 0 Å². The molecular weight excluding hydrogens is 887 g/mol. The van der Waals surface area contributed by atoms with E-state index >= 15 is 0 Å². The molecule has 2 atom stereocenters. The summed E-state index contributed by atoms with van der Waals surface area (Å²) in [6, 6.07) is -0.643. The van der Waals surface area contributed by atoms with Gasteiger partial charge in [0.05, 0.1) is 25.4 Å². The summed E-state index contributed by atoms with van der Waals surface area (Å²) in [7, 11) is 0. The van der Waals surface area contributed by atoms with E-state index in [-0.39, 0.29) is 18.5 Å². The largest absolute Gasteiger partial charge is 0.466 e. The second-order valence-corrected chi connectivity index (χ2v) is 21.7. The first-order chi connectivity index (χ1) is 35.5. The number of hydrogen-bond acceptors (Lipinski definition) is 5. The van der Waals surface area contributed by atoms with Crippen molar-refractivity contribution in [1.29, 1.82) is 0 Å². The molecule has 0 radical (unpaired) electrons. The van der Waals surface area contributed by atoms with Crippen LogP contribution in [0.4, 0.5) is 0 Å². The van der Waals surface area contributed by atoms with Crippen molar-refractivity contribution in [3.05, 3.63) is 48.6 Å². The Morgan fingerprint density at radius 2 is 0.694 bits per heavy atom. The van der Waals surface area contributed by atoms with E-state index in [4.69, 9.17) is 4.74 Å². The van der Waals surface area contributed by atoms with Crippen molar-refractivity contribution in [2.45, 2.75) is 347 Å². The average Bonchev–Trinajstić information content (AvgIpc) is 3.38. The van der Waals surface area contributed by atoms with Gasteiger partial charge in [-0.1, -0.05) is 281 Å². The Bertz CT molecular complexity index is 1210. The van der Waals surface area contributed by atoms with Crippen molar-refractivity contribution in [3.63, 3.8) is 0 Å². The summed E-state index contributed by atoms with van der Waals surface area (Å²) < 4.78 is 5.47. The Labute approximate surface area is 448 Å². The molecule has 6 heteroatoms. The molecule has 0 aromatic carbocycles. The molecule has 0 aliphatic rings. The Balaban J connectivity index is 3.50. The maximum atomic E-state index is 12.5. The molecule has 0 aromatic rings. The number of unbranched alkanes of at least 4 members (excludes halogenated alkanes) is 42. The highest BCUT2D eigenvalue weighted by atomic mass is 16.5. The molecule has 422 valence electrons. The molecule has 0 aliphatic carbocycles. The number of allylic oxidation sites excluding steroid dienone is 7. The monoisotopic (exact) mass is 1010 g/mol. The van der Waals surface area contributed by atoms with Crippen LogP contribution in [0.2, 0.25) is 0 Å². The number of carbonyl (C=O) groups excluding carboxylic acids is 2. The van der Waals surface area contributed by atoms with Gasteiger partial charge in [-0.2, -0.15) is 0 Å². The van der Waals surface area contributed by atoms with Crippen molar-refractivity contribution in [2.24, 2.45) is 0 Å². The lowest BCUT2D eigenvalue weighted by molar-refractivity contribution is -0.143. The number of carbonyl (C=O) groups is 2. The smallest absolute Gasteiger partial charge is 0.305 e. The minimum Gasteiger partial charge on any atom is -0.466 e. The third kappa shape index (κ3) is 57.1. The van der Waals surface area contributed by atoms with Gasteiger partial charge in [-0.15, -0.1) is 0 Å². The van der Waals surface area contributed by atoms with Crippen molar-refractivity contribution >= 4 is 11.9 Å². The van der Waals surface area contributed by atoms with Gasteiger partial charge in [-0.3, -0.25) is 9.59 Å². The molecule has 0 rings (SSSR count). The fourth-order valence-electron chi connectivity index (χ4n) is 9.66. The SMILES string of the molecule is CCCCCC/C=C\C/C=C\CCCCCCCC(=O)OCCCCCCCCC/C=C\CCCCCCCC(=O)NC(CO)C(O)/C=C/CCCCCCCCCCCCCCCCCCCCCCC. The minimum atomic E-state index is -0.858. The van der Waals surface area contributed by atoms with Crippen LogP contribution in [-0.2, 0) is 14.3 Å². The molecule has 0 aromatic heterocycles. The van der Waals surface area contributed by atoms with E-state index in [0.717, 1.165) is 70.6 Å². The summed E-state index contributed by atoms with van der Waals surface area (Å²) in [4.78, 5) is 24.6. The molecule has 3 N–H and O–H groups in total. The van der Waals surface area contributed by atoms with E-state index in [1.165, 1.54) is 238 Å². The van der Waals surface area contributed by atoms with Gasteiger partial charge < -0.3 is 20.3 Å². The summed E-state index contributed by atoms with van der Waals surface area (Å²) in [6.45, 7) is 4.87. The first-order valence-electron chi connectivity index (χ1n) is 31.9. The molecule has 1 amide bonds. The predicted octanol–water partition coefficient (Wildman–Crippen LogP) is 20.1. The Hall–Kier alpha value is -2.18. The molecule has 0 heterocycles. The molecule has 0 bridgehead atoms. The molecule has 0 aliphatic heterocycles. The maximum absolute atomic E-state index is 12.5. The Morgan fingerprint density at radius 1 is 0.389 bits per heavy atom. The van der Waals surface area contributed by atoms with Gasteiger partial charge in [0.2, 0.25) is 5.91 Å². The number of amides is 1. The zero-order chi connectivity index (χ0) is 52.2. The van der Waals surface area contributed by atoms with Gasteiger partial charge in [0, 0.05) is 12.8 Å². The normalized spacial score (nSPS) is 12.9. The average molecular weight is 1010 g/mol. The van der Waals surface area contributed by atoms with E-state index in [9.17, 15) is 19.8 Å². The number of aliphatic hydroxyl groups is 2. The zero-order valence-electron chi connectivity index (χ0n) is 48.2. The van der Waals surface area contributed by atoms with Crippen LogP contribution in [-0.4, -0.2) is 47.4 Å². The van der Waals surface area contributed by atoms with Crippen molar-refractivity contribution in [1.82, 2.24) is 5.32 Å². The number of nitrogens with one attached hydrogen (secondary N) is 1. The highest BCUT2D eigenvalue weighted by molar-refractivity contribution is 5.76. The summed E-state index contributed by atoms with van der Waals surface area (Å²) in [5, 5.41) is 23.2. The van der Waals surface area contributed by atoms with Gasteiger partial charge in [-0.05, 0) is 89.9 Å². The fourth-order valence-corrected chi connectivity index (χ4v) is 9.66. The van der Waals surface area contributed by atoms with Crippen molar-refractivity contribution in [2.75, 3.05) is 13.2 Å². The number of rotatable bonds is 59. The molecule has 0 saturated carbocycles. The third-order valence-corrected chi connectivity index (χ3v) is 14.6. The number of esters is 1. The van der Waals surface area contributed by atoms with E-state index in [1.807, 2.05) is 6.08 Å². The fraction of sp³-hybridized carbons (Fsp3) is 0.848. The Morgan fingerprint density at radius 3 is 1.08 bits per heavy atom. The second kappa shape index (κ2) is 61.4. The molecular formula is C66H123NO5. The topological polar surface area (TPSA) is 95.9 Å². The molecule has 0 spiro atoms. The van der Waals surface area contributed by atoms with Crippen LogP contribution in [0.15, 0.2) is 48.6 Å². The zero-order valence-corrected chi connectivity index (χ0v) is 48.2. The Kier molecular flexibility index (Phi) is 59.5. The number of aliphatic hydroxyl groups excluding tert-OH is 2. The number of hydrogen-bond donors (Lipinski definition) is 3. The first-order valence-corrected chi connectivity index (χ1v) is 31.9. The summed E-state index contributed by atoms with van der Waals surface area (Å²) in [6.07, 6.45) is 78.6. The summed E-state index contributed by atoms with van der Waals surface area (Å²) >= 11 is 0. The quantitative estimate of drug-likeness (QED) is 0.0320. The van der Waals surface area contributed by atoms with Gasteiger partial charge in [0.15, 0.2) is 0 Å². The summed E-state index contributed by atoms with van der Waals surface area (Å²) in [5.41, 5.74) is 0. The highest BCUT2D eigenvalue weighted by Crippen LogP contribution is 2.17. The van der Waals surface area contributed by atoms with E-state index in [1.54, 1.807) is 6.08 Å². The minimum absolute atomic E-state index is 0.0172. The van der Waals surface area contributed by atoms with E-state index in [2.05, 4.69) is 55.6 Å². The van der Waals surface area contributed by atoms with Crippen LogP contribution in [0.1, 0.15) is 335 Å². The van der Waals surface area contributed by atoms with Gasteiger partial charge >= 0.3 is 5.97 Å². The molecule has 2 unspecified atom stereocenters.